The molecule has 0 heterocycles. The lowest BCUT2D eigenvalue weighted by Crippen LogP contribution is -2.28. The predicted molar refractivity (Wildman–Crippen MR) is 120 cm³/mol. The van der Waals surface area contributed by atoms with Crippen LogP contribution in [0.2, 0.25) is 0 Å². The van der Waals surface area contributed by atoms with E-state index in [4.69, 9.17) is 4.74 Å². The molecule has 0 spiro atoms. The third kappa shape index (κ3) is 3.70. The highest BCUT2D eigenvalue weighted by Gasteiger charge is 2.48. The summed E-state index contributed by atoms with van der Waals surface area (Å²) < 4.78 is 21.1. The molecule has 3 aliphatic rings. The lowest BCUT2D eigenvalue weighted by atomic mass is 9.75. The summed E-state index contributed by atoms with van der Waals surface area (Å²) >= 11 is 0. The second kappa shape index (κ2) is 8.21. The van der Waals surface area contributed by atoms with Gasteiger partial charge in [-0.05, 0) is 80.2 Å². The third-order valence-corrected chi connectivity index (χ3v) is 7.61. The molecule has 2 aromatic carbocycles. The zero-order valence-corrected chi connectivity index (χ0v) is 18.3. The molecule has 158 valence electrons. The molecule has 1 unspecified atom stereocenters. The van der Waals surface area contributed by atoms with Gasteiger partial charge in [-0.25, -0.2) is 4.39 Å². The van der Waals surface area contributed by atoms with E-state index in [2.05, 4.69) is 31.2 Å². The molecule has 4 atom stereocenters. The molecule has 0 radical (unpaired) electrons. The summed E-state index contributed by atoms with van der Waals surface area (Å²) in [6, 6.07) is 13.8. The van der Waals surface area contributed by atoms with E-state index in [1.807, 2.05) is 19.1 Å². The van der Waals surface area contributed by atoms with E-state index in [1.165, 1.54) is 55.7 Å². The van der Waals surface area contributed by atoms with Gasteiger partial charge in [0.2, 0.25) is 0 Å². The Morgan fingerprint density at radius 2 is 1.90 bits per heavy atom. The van der Waals surface area contributed by atoms with Crippen molar-refractivity contribution < 1.29 is 9.13 Å². The van der Waals surface area contributed by atoms with Crippen molar-refractivity contribution in [3.63, 3.8) is 0 Å². The van der Waals surface area contributed by atoms with Gasteiger partial charge in [0.05, 0.1) is 0 Å². The zero-order valence-electron chi connectivity index (χ0n) is 18.3. The Morgan fingerprint density at radius 3 is 2.77 bits per heavy atom. The second-order valence-electron chi connectivity index (χ2n) is 9.65. The highest BCUT2D eigenvalue weighted by atomic mass is 19.1. The fourth-order valence-corrected chi connectivity index (χ4v) is 6.15. The van der Waals surface area contributed by atoms with Crippen LogP contribution in [-0.2, 0) is 6.42 Å². The predicted octanol–water partition coefficient (Wildman–Crippen LogP) is 7.73. The van der Waals surface area contributed by atoms with Crippen molar-refractivity contribution in [3.05, 3.63) is 76.1 Å². The van der Waals surface area contributed by atoms with Gasteiger partial charge in [-0.15, -0.1) is 0 Å². The van der Waals surface area contributed by atoms with Crippen molar-refractivity contribution in [2.45, 2.75) is 71.3 Å². The summed E-state index contributed by atoms with van der Waals surface area (Å²) in [5.41, 5.74) is 7.12. The molecule has 0 N–H and O–H groups in total. The number of hydrogen-bond donors (Lipinski definition) is 0. The number of aryl methyl sites for hydroxylation is 2. The number of ether oxygens (including phenoxy) is 1. The van der Waals surface area contributed by atoms with Crippen LogP contribution in [0.3, 0.4) is 0 Å². The normalized spacial score (nSPS) is 27.8. The minimum Gasteiger partial charge on any atom is -0.482 e. The summed E-state index contributed by atoms with van der Waals surface area (Å²) in [5.74, 6) is 2.04. The molecule has 0 amide bonds. The van der Waals surface area contributed by atoms with Crippen LogP contribution in [0, 0.1) is 30.5 Å². The topological polar surface area (TPSA) is 9.23 Å². The average Bonchev–Trinajstić information content (AvgIpc) is 3.46. The average molecular weight is 405 g/mol. The van der Waals surface area contributed by atoms with E-state index in [0.29, 0.717) is 17.6 Å². The van der Waals surface area contributed by atoms with E-state index in [0.717, 1.165) is 24.3 Å². The summed E-state index contributed by atoms with van der Waals surface area (Å²) in [6.45, 7) is 4.31. The van der Waals surface area contributed by atoms with Gasteiger partial charge in [-0.3, -0.25) is 0 Å². The Hall–Kier alpha value is -2.09. The first kappa shape index (κ1) is 19.8. The minimum absolute atomic E-state index is 0.0622. The molecule has 0 fully saturated rings. The lowest BCUT2D eigenvalue weighted by Gasteiger charge is -2.35. The Bertz CT molecular complexity index is 959. The van der Waals surface area contributed by atoms with Gasteiger partial charge in [0, 0.05) is 11.8 Å². The smallest absolute Gasteiger partial charge is 0.165 e. The van der Waals surface area contributed by atoms with Crippen LogP contribution in [0.5, 0.6) is 5.75 Å². The number of halogens is 1. The van der Waals surface area contributed by atoms with Gasteiger partial charge >= 0.3 is 0 Å². The lowest BCUT2D eigenvalue weighted by molar-refractivity contribution is 0.101. The summed E-state index contributed by atoms with van der Waals surface area (Å²) in [4.78, 5) is 0. The second-order valence-corrected chi connectivity index (χ2v) is 9.65. The fourth-order valence-electron chi connectivity index (χ4n) is 6.15. The van der Waals surface area contributed by atoms with Gasteiger partial charge in [-0.1, -0.05) is 61.2 Å². The van der Waals surface area contributed by atoms with Crippen molar-refractivity contribution in [1.82, 2.24) is 0 Å². The van der Waals surface area contributed by atoms with Gasteiger partial charge in [0.25, 0.3) is 0 Å². The van der Waals surface area contributed by atoms with Gasteiger partial charge in [-0.2, -0.15) is 0 Å². The largest absolute Gasteiger partial charge is 0.482 e. The monoisotopic (exact) mass is 404 g/mol. The quantitative estimate of drug-likeness (QED) is 0.463. The minimum atomic E-state index is -0.254. The Morgan fingerprint density at radius 1 is 1.03 bits per heavy atom. The molecule has 1 nitrogen and oxygen atoms in total. The molecular weight excluding hydrogens is 371 g/mol. The molecule has 3 aliphatic carbocycles. The zero-order chi connectivity index (χ0) is 20.7. The van der Waals surface area contributed by atoms with Crippen molar-refractivity contribution in [1.29, 1.82) is 0 Å². The van der Waals surface area contributed by atoms with Gasteiger partial charge in [0.1, 0.15) is 6.10 Å². The Balaban J connectivity index is 1.44. The molecule has 5 rings (SSSR count). The van der Waals surface area contributed by atoms with Crippen molar-refractivity contribution in [2.24, 2.45) is 17.8 Å². The van der Waals surface area contributed by atoms with Crippen LogP contribution in [0.1, 0.15) is 74.7 Å². The van der Waals surface area contributed by atoms with Crippen LogP contribution in [0.4, 0.5) is 4.39 Å². The standard InChI is InChI=1S/C28H33FO/c1-3-7-19-8-6-11-22-24(17-19)27(22)23-14-13-20-9-4-5-10-21(20)28(23)30-26-16-18(2)12-15-25(26)29/h4-5,9-10,12,15-16,19,23,27-28H,3,6-8,11,13-14,17H2,1-2H3/t19-,23-,27?,28+/m1/s1. The molecule has 2 heteroatoms. The van der Waals surface area contributed by atoms with Crippen LogP contribution in [-0.4, -0.2) is 0 Å². The van der Waals surface area contributed by atoms with Crippen LogP contribution in [0.25, 0.3) is 0 Å². The number of rotatable bonds is 5. The fraction of sp³-hybridized carbons (Fsp3) is 0.500. The molecule has 0 saturated carbocycles. The third-order valence-electron chi connectivity index (χ3n) is 7.61. The first-order valence-electron chi connectivity index (χ1n) is 11.9. The van der Waals surface area contributed by atoms with E-state index in [-0.39, 0.29) is 11.9 Å². The van der Waals surface area contributed by atoms with E-state index in [1.54, 1.807) is 11.1 Å². The maximum atomic E-state index is 14.6. The molecule has 0 aromatic heterocycles. The summed E-state index contributed by atoms with van der Waals surface area (Å²) in [5, 5.41) is 0. The first-order chi connectivity index (χ1) is 14.7. The van der Waals surface area contributed by atoms with Crippen molar-refractivity contribution in [3.8, 4) is 5.75 Å². The van der Waals surface area contributed by atoms with Crippen molar-refractivity contribution >= 4 is 0 Å². The van der Waals surface area contributed by atoms with E-state index >= 15 is 0 Å². The maximum Gasteiger partial charge on any atom is 0.165 e. The molecular formula is C28H33FO. The van der Waals surface area contributed by atoms with Crippen molar-refractivity contribution in [2.75, 3.05) is 0 Å². The SMILES string of the molecule is CCC[C@@H]1CCCC2=C(C1)C2[C@H]1CCc2ccccc2[C@@H]1Oc1cc(C)ccc1F. The molecule has 0 saturated heterocycles. The summed E-state index contributed by atoms with van der Waals surface area (Å²) in [7, 11) is 0. The van der Waals surface area contributed by atoms with Gasteiger partial charge in [0.15, 0.2) is 11.6 Å². The molecule has 0 bridgehead atoms. The highest BCUT2D eigenvalue weighted by Crippen LogP contribution is 2.58. The van der Waals surface area contributed by atoms with Crippen LogP contribution < -0.4 is 4.74 Å². The number of allylic oxidation sites excluding steroid dienone is 2. The highest BCUT2D eigenvalue weighted by molar-refractivity contribution is 5.46. The van der Waals surface area contributed by atoms with Gasteiger partial charge < -0.3 is 4.74 Å². The van der Waals surface area contributed by atoms with Crippen LogP contribution >= 0.6 is 0 Å². The number of benzene rings is 2. The molecule has 2 aromatic rings. The Kier molecular flexibility index (Phi) is 5.43. The van der Waals surface area contributed by atoms with E-state index in [9.17, 15) is 4.39 Å². The van der Waals surface area contributed by atoms with E-state index < -0.39 is 0 Å². The summed E-state index contributed by atoms with van der Waals surface area (Å²) in [6.07, 6.45) is 10.1. The Labute approximate surface area is 180 Å². The van der Waals surface area contributed by atoms with Crippen LogP contribution in [0.15, 0.2) is 53.6 Å². The number of hydrogen-bond acceptors (Lipinski definition) is 1. The molecule has 30 heavy (non-hydrogen) atoms. The first-order valence-corrected chi connectivity index (χ1v) is 11.9. The number of fused-ring (bicyclic) bond motifs is 1. The molecule has 0 aliphatic heterocycles. The maximum absolute atomic E-state index is 14.6.